The molecular weight excluding hydrogens is 244 g/mol. The molecule has 1 rings (SSSR count). The molecule has 1 N–H and O–H groups in total. The van der Waals surface area contributed by atoms with Gasteiger partial charge in [0.25, 0.3) is 0 Å². The summed E-state index contributed by atoms with van der Waals surface area (Å²) < 4.78 is 0. The van der Waals surface area contributed by atoms with E-state index in [4.69, 9.17) is 0 Å². The van der Waals surface area contributed by atoms with E-state index in [1.807, 2.05) is 0 Å². The summed E-state index contributed by atoms with van der Waals surface area (Å²) in [6.07, 6.45) is 2.39. The molecule has 2 heteroatoms. The van der Waals surface area contributed by atoms with Crippen LogP contribution in [-0.2, 0) is 0 Å². The van der Waals surface area contributed by atoms with E-state index in [2.05, 4.69) is 69.1 Å². The first kappa shape index (κ1) is 17.2. The number of aryl methyl sites for hydroxylation is 1. The standard InChI is InChI=1S/C18H32N2/c1-6-13-19-18(14-20(8-3)16(5)7-2)17-11-9-15(4)10-12-17/h9-12,16,18-19H,6-8,13-14H2,1-5H3. The van der Waals surface area contributed by atoms with E-state index in [9.17, 15) is 0 Å². The third-order valence-corrected chi connectivity index (χ3v) is 4.16. The third-order valence-electron chi connectivity index (χ3n) is 4.16. The lowest BCUT2D eigenvalue weighted by atomic mass is 10.0. The van der Waals surface area contributed by atoms with Gasteiger partial charge in [0.1, 0.15) is 0 Å². The molecule has 0 heterocycles. The molecule has 2 atom stereocenters. The Morgan fingerprint density at radius 3 is 2.25 bits per heavy atom. The molecule has 0 saturated heterocycles. The normalized spacial score (nSPS) is 14.5. The van der Waals surface area contributed by atoms with E-state index < -0.39 is 0 Å². The van der Waals surface area contributed by atoms with Gasteiger partial charge in [-0.15, -0.1) is 0 Å². The van der Waals surface area contributed by atoms with E-state index >= 15 is 0 Å². The minimum Gasteiger partial charge on any atom is -0.309 e. The molecule has 0 radical (unpaired) electrons. The predicted molar refractivity (Wildman–Crippen MR) is 89.2 cm³/mol. The number of nitrogens with zero attached hydrogens (tertiary/aromatic N) is 1. The first-order valence-corrected chi connectivity index (χ1v) is 8.16. The van der Waals surface area contributed by atoms with Crippen molar-refractivity contribution in [1.82, 2.24) is 10.2 Å². The van der Waals surface area contributed by atoms with Gasteiger partial charge < -0.3 is 5.32 Å². The summed E-state index contributed by atoms with van der Waals surface area (Å²) in [5, 5.41) is 3.71. The van der Waals surface area contributed by atoms with Crippen LogP contribution in [0.3, 0.4) is 0 Å². The van der Waals surface area contributed by atoms with Gasteiger partial charge >= 0.3 is 0 Å². The van der Waals surface area contributed by atoms with Crippen molar-refractivity contribution >= 4 is 0 Å². The fourth-order valence-electron chi connectivity index (χ4n) is 2.52. The van der Waals surface area contributed by atoms with E-state index in [0.29, 0.717) is 12.1 Å². The highest BCUT2D eigenvalue weighted by atomic mass is 15.2. The Balaban J connectivity index is 2.80. The lowest BCUT2D eigenvalue weighted by Gasteiger charge is -2.32. The molecule has 0 aliphatic heterocycles. The van der Waals surface area contributed by atoms with Crippen molar-refractivity contribution in [2.75, 3.05) is 19.6 Å². The van der Waals surface area contributed by atoms with Crippen molar-refractivity contribution in [1.29, 1.82) is 0 Å². The molecule has 1 aromatic carbocycles. The summed E-state index contributed by atoms with van der Waals surface area (Å²) in [6.45, 7) is 14.5. The Labute approximate surface area is 125 Å². The van der Waals surface area contributed by atoms with Crippen LogP contribution in [-0.4, -0.2) is 30.6 Å². The van der Waals surface area contributed by atoms with Gasteiger partial charge in [0.2, 0.25) is 0 Å². The van der Waals surface area contributed by atoms with Crippen LogP contribution in [0.25, 0.3) is 0 Å². The van der Waals surface area contributed by atoms with Gasteiger partial charge in [-0.1, -0.05) is 50.6 Å². The van der Waals surface area contributed by atoms with Crippen LogP contribution >= 0.6 is 0 Å². The molecule has 0 aromatic heterocycles. The maximum absolute atomic E-state index is 3.71. The fourth-order valence-corrected chi connectivity index (χ4v) is 2.52. The largest absolute Gasteiger partial charge is 0.309 e. The average molecular weight is 276 g/mol. The monoisotopic (exact) mass is 276 g/mol. The average Bonchev–Trinajstić information content (AvgIpc) is 2.48. The topological polar surface area (TPSA) is 15.3 Å². The maximum Gasteiger partial charge on any atom is 0.0449 e. The van der Waals surface area contributed by atoms with Crippen LogP contribution in [0.2, 0.25) is 0 Å². The summed E-state index contributed by atoms with van der Waals surface area (Å²) in [5.74, 6) is 0. The molecule has 0 aliphatic carbocycles. The van der Waals surface area contributed by atoms with Crippen molar-refractivity contribution in [3.8, 4) is 0 Å². The molecule has 1 aromatic rings. The highest BCUT2D eigenvalue weighted by molar-refractivity contribution is 5.24. The van der Waals surface area contributed by atoms with Gasteiger partial charge in [0, 0.05) is 18.6 Å². The molecule has 2 nitrogen and oxygen atoms in total. The third kappa shape index (κ3) is 5.26. The zero-order chi connectivity index (χ0) is 15.0. The molecule has 0 fully saturated rings. The molecule has 114 valence electrons. The Bertz CT molecular complexity index is 358. The van der Waals surface area contributed by atoms with Crippen molar-refractivity contribution in [2.24, 2.45) is 0 Å². The molecule has 0 bridgehead atoms. The minimum absolute atomic E-state index is 0.435. The number of nitrogens with one attached hydrogen (secondary N) is 1. The summed E-state index contributed by atoms with van der Waals surface area (Å²) in [6, 6.07) is 10.1. The van der Waals surface area contributed by atoms with Gasteiger partial charge in [-0.2, -0.15) is 0 Å². The smallest absolute Gasteiger partial charge is 0.0449 e. The summed E-state index contributed by atoms with van der Waals surface area (Å²) in [5.41, 5.74) is 2.74. The molecule has 20 heavy (non-hydrogen) atoms. The van der Waals surface area contributed by atoms with Crippen molar-refractivity contribution in [3.63, 3.8) is 0 Å². The van der Waals surface area contributed by atoms with Gasteiger partial charge in [0.05, 0.1) is 0 Å². The Morgan fingerprint density at radius 1 is 1.10 bits per heavy atom. The second-order valence-electron chi connectivity index (χ2n) is 5.76. The Kier molecular flexibility index (Phi) is 7.86. The van der Waals surface area contributed by atoms with Crippen molar-refractivity contribution in [3.05, 3.63) is 35.4 Å². The lowest BCUT2D eigenvalue weighted by Crippen LogP contribution is -2.40. The van der Waals surface area contributed by atoms with Crippen LogP contribution in [0, 0.1) is 6.92 Å². The zero-order valence-electron chi connectivity index (χ0n) is 13.9. The number of hydrogen-bond donors (Lipinski definition) is 1. The quantitative estimate of drug-likeness (QED) is 0.728. The van der Waals surface area contributed by atoms with E-state index in [0.717, 1.165) is 19.6 Å². The number of hydrogen-bond acceptors (Lipinski definition) is 2. The number of benzene rings is 1. The zero-order valence-corrected chi connectivity index (χ0v) is 13.9. The SMILES string of the molecule is CCCNC(CN(CC)C(C)CC)c1ccc(C)cc1. The first-order valence-electron chi connectivity index (χ1n) is 8.16. The van der Waals surface area contributed by atoms with Crippen LogP contribution in [0.5, 0.6) is 0 Å². The van der Waals surface area contributed by atoms with Crippen molar-refractivity contribution < 1.29 is 0 Å². The first-order chi connectivity index (χ1) is 9.62. The summed E-state index contributed by atoms with van der Waals surface area (Å²) in [4.78, 5) is 2.58. The van der Waals surface area contributed by atoms with E-state index in [1.165, 1.54) is 24.0 Å². The van der Waals surface area contributed by atoms with Gasteiger partial charge in [-0.25, -0.2) is 0 Å². The molecular formula is C18H32N2. The second-order valence-corrected chi connectivity index (χ2v) is 5.76. The fraction of sp³-hybridized carbons (Fsp3) is 0.667. The minimum atomic E-state index is 0.435. The molecule has 0 amide bonds. The van der Waals surface area contributed by atoms with Crippen LogP contribution in [0.15, 0.2) is 24.3 Å². The second kappa shape index (κ2) is 9.15. The van der Waals surface area contributed by atoms with Gasteiger partial charge in [-0.05, 0) is 45.3 Å². The molecule has 0 aliphatic rings. The molecule has 0 saturated carbocycles. The maximum atomic E-state index is 3.71. The van der Waals surface area contributed by atoms with Gasteiger partial charge in [0.15, 0.2) is 0 Å². The summed E-state index contributed by atoms with van der Waals surface area (Å²) >= 11 is 0. The Morgan fingerprint density at radius 2 is 1.75 bits per heavy atom. The highest BCUT2D eigenvalue weighted by Crippen LogP contribution is 2.17. The predicted octanol–water partition coefficient (Wildman–Crippen LogP) is 4.16. The number of rotatable bonds is 9. The summed E-state index contributed by atoms with van der Waals surface area (Å²) in [7, 11) is 0. The van der Waals surface area contributed by atoms with E-state index in [-0.39, 0.29) is 0 Å². The highest BCUT2D eigenvalue weighted by Gasteiger charge is 2.17. The molecule has 0 spiro atoms. The lowest BCUT2D eigenvalue weighted by molar-refractivity contribution is 0.191. The van der Waals surface area contributed by atoms with Crippen LogP contribution in [0.1, 0.15) is 57.7 Å². The van der Waals surface area contributed by atoms with Crippen LogP contribution in [0.4, 0.5) is 0 Å². The van der Waals surface area contributed by atoms with E-state index in [1.54, 1.807) is 0 Å². The van der Waals surface area contributed by atoms with Crippen LogP contribution < -0.4 is 5.32 Å². The van der Waals surface area contributed by atoms with Crippen molar-refractivity contribution in [2.45, 2.75) is 59.5 Å². The Hall–Kier alpha value is -0.860. The number of likely N-dealkylation sites (N-methyl/N-ethyl adjacent to an activating group) is 1. The molecule has 2 unspecified atom stereocenters. The van der Waals surface area contributed by atoms with Gasteiger partial charge in [-0.3, -0.25) is 4.90 Å².